The van der Waals surface area contributed by atoms with Gasteiger partial charge in [0, 0.05) is 30.3 Å². The van der Waals surface area contributed by atoms with Crippen molar-refractivity contribution < 1.29 is 9.21 Å². The van der Waals surface area contributed by atoms with Crippen LogP contribution in [-0.4, -0.2) is 34.9 Å². The second-order valence-electron chi connectivity index (χ2n) is 6.24. The van der Waals surface area contributed by atoms with Gasteiger partial charge < -0.3 is 15.1 Å². The number of amides is 1. The molecule has 3 aromatic rings. The molecule has 1 saturated heterocycles. The van der Waals surface area contributed by atoms with Crippen molar-refractivity contribution in [3.63, 3.8) is 0 Å². The highest BCUT2D eigenvalue weighted by atomic mass is 16.4. The summed E-state index contributed by atoms with van der Waals surface area (Å²) in [6.45, 7) is 1.28. The third kappa shape index (κ3) is 3.06. The lowest BCUT2D eigenvalue weighted by molar-refractivity contribution is 0.0791. The van der Waals surface area contributed by atoms with Crippen LogP contribution in [0.1, 0.15) is 16.8 Å². The minimum Gasteiger partial charge on any atom is -0.436 e. The van der Waals surface area contributed by atoms with Crippen molar-refractivity contribution in [3.8, 4) is 22.8 Å². The van der Waals surface area contributed by atoms with E-state index in [2.05, 4.69) is 4.98 Å². The minimum atomic E-state index is -0.0250. The molecule has 1 aliphatic heterocycles. The lowest BCUT2D eigenvalue weighted by Gasteiger charge is -2.17. The van der Waals surface area contributed by atoms with Gasteiger partial charge in [0.25, 0.3) is 5.91 Å². The SMILES string of the molecule is NC1CCN(C(=O)c2ccccc2-c2ncc(-c3ccccc3)o2)C1. The zero-order valence-electron chi connectivity index (χ0n) is 13.8. The average Bonchev–Trinajstić information content (AvgIpc) is 3.31. The third-order valence-electron chi connectivity index (χ3n) is 4.46. The molecule has 5 heteroatoms. The molecule has 2 N–H and O–H groups in total. The van der Waals surface area contributed by atoms with Crippen molar-refractivity contribution in [1.82, 2.24) is 9.88 Å². The smallest absolute Gasteiger partial charge is 0.254 e. The summed E-state index contributed by atoms with van der Waals surface area (Å²) in [5.41, 5.74) is 8.19. The standard InChI is InChI=1S/C20H19N3O2/c21-15-10-11-23(13-15)20(24)17-9-5-4-8-16(17)19-22-12-18(25-19)14-6-2-1-3-7-14/h1-9,12,15H,10-11,13,21H2. The summed E-state index contributed by atoms with van der Waals surface area (Å²) in [5.74, 6) is 1.11. The van der Waals surface area contributed by atoms with Crippen molar-refractivity contribution in [1.29, 1.82) is 0 Å². The number of carbonyl (C=O) groups is 1. The fourth-order valence-electron chi connectivity index (χ4n) is 3.13. The van der Waals surface area contributed by atoms with E-state index in [0.717, 1.165) is 12.0 Å². The number of hydrogen-bond acceptors (Lipinski definition) is 4. The highest BCUT2D eigenvalue weighted by Crippen LogP contribution is 2.29. The molecule has 0 spiro atoms. The zero-order valence-corrected chi connectivity index (χ0v) is 13.8. The van der Waals surface area contributed by atoms with Gasteiger partial charge in [0.05, 0.1) is 11.8 Å². The van der Waals surface area contributed by atoms with E-state index in [4.69, 9.17) is 10.2 Å². The Balaban J connectivity index is 1.68. The number of hydrogen-bond donors (Lipinski definition) is 1. The monoisotopic (exact) mass is 333 g/mol. The van der Waals surface area contributed by atoms with Gasteiger partial charge in [0.2, 0.25) is 5.89 Å². The van der Waals surface area contributed by atoms with E-state index in [9.17, 15) is 4.79 Å². The summed E-state index contributed by atoms with van der Waals surface area (Å²) in [6.07, 6.45) is 2.53. The molecule has 0 bridgehead atoms. The average molecular weight is 333 g/mol. The second kappa shape index (κ2) is 6.53. The molecule has 1 unspecified atom stereocenters. The molecule has 0 aliphatic carbocycles. The Kier molecular flexibility index (Phi) is 4.07. The van der Waals surface area contributed by atoms with Gasteiger partial charge in [-0.3, -0.25) is 4.79 Å². The van der Waals surface area contributed by atoms with Gasteiger partial charge in [-0.1, -0.05) is 42.5 Å². The van der Waals surface area contributed by atoms with Crippen LogP contribution in [0.3, 0.4) is 0 Å². The molecule has 2 aromatic carbocycles. The highest BCUT2D eigenvalue weighted by Gasteiger charge is 2.27. The van der Waals surface area contributed by atoms with Gasteiger partial charge in [-0.2, -0.15) is 0 Å². The number of oxazole rings is 1. The van der Waals surface area contributed by atoms with Crippen molar-refractivity contribution in [2.24, 2.45) is 5.73 Å². The Morgan fingerprint density at radius 3 is 2.64 bits per heavy atom. The molecule has 1 aliphatic rings. The largest absolute Gasteiger partial charge is 0.436 e. The second-order valence-corrected chi connectivity index (χ2v) is 6.24. The first-order valence-corrected chi connectivity index (χ1v) is 8.38. The number of rotatable bonds is 3. The lowest BCUT2D eigenvalue weighted by atomic mass is 10.1. The van der Waals surface area contributed by atoms with Gasteiger partial charge in [0.1, 0.15) is 0 Å². The lowest BCUT2D eigenvalue weighted by Crippen LogP contribution is -2.32. The predicted octanol–water partition coefficient (Wildman–Crippen LogP) is 3.18. The van der Waals surface area contributed by atoms with E-state index in [1.807, 2.05) is 54.6 Å². The number of nitrogens with zero attached hydrogens (tertiary/aromatic N) is 2. The summed E-state index contributed by atoms with van der Waals surface area (Å²) >= 11 is 0. The molecular formula is C20H19N3O2. The molecule has 1 atom stereocenters. The number of likely N-dealkylation sites (tertiary alicyclic amines) is 1. The fraction of sp³-hybridized carbons (Fsp3) is 0.200. The summed E-state index contributed by atoms with van der Waals surface area (Å²) in [6, 6.07) is 17.3. The molecule has 0 saturated carbocycles. The van der Waals surface area contributed by atoms with Gasteiger partial charge in [-0.05, 0) is 18.6 Å². The summed E-state index contributed by atoms with van der Waals surface area (Å²) < 4.78 is 5.92. The first kappa shape index (κ1) is 15.6. The molecule has 4 rings (SSSR count). The van der Waals surface area contributed by atoms with Crippen LogP contribution in [0.5, 0.6) is 0 Å². The Morgan fingerprint density at radius 2 is 1.88 bits per heavy atom. The van der Waals surface area contributed by atoms with Crippen molar-refractivity contribution in [3.05, 3.63) is 66.4 Å². The molecule has 1 fully saturated rings. The number of nitrogens with two attached hydrogens (primary N) is 1. The Hall–Kier alpha value is -2.92. The fourth-order valence-corrected chi connectivity index (χ4v) is 3.13. The molecule has 0 radical (unpaired) electrons. The topological polar surface area (TPSA) is 72.4 Å². The maximum absolute atomic E-state index is 12.9. The number of carbonyl (C=O) groups excluding carboxylic acids is 1. The Morgan fingerprint density at radius 1 is 1.12 bits per heavy atom. The zero-order chi connectivity index (χ0) is 17.2. The molecular weight excluding hydrogens is 314 g/mol. The third-order valence-corrected chi connectivity index (χ3v) is 4.46. The van der Waals surface area contributed by atoms with Crippen molar-refractivity contribution in [2.75, 3.05) is 13.1 Å². The molecule has 1 aromatic heterocycles. The summed E-state index contributed by atoms with van der Waals surface area (Å²) in [5, 5.41) is 0. The van der Waals surface area contributed by atoms with E-state index in [-0.39, 0.29) is 11.9 Å². The number of aromatic nitrogens is 1. The first-order valence-electron chi connectivity index (χ1n) is 8.38. The molecule has 126 valence electrons. The first-order chi connectivity index (χ1) is 12.2. The van der Waals surface area contributed by atoms with Gasteiger partial charge >= 0.3 is 0 Å². The van der Waals surface area contributed by atoms with Crippen molar-refractivity contribution in [2.45, 2.75) is 12.5 Å². The van der Waals surface area contributed by atoms with Crippen LogP contribution in [0.4, 0.5) is 0 Å². The highest BCUT2D eigenvalue weighted by molar-refractivity contribution is 6.00. The summed E-state index contributed by atoms with van der Waals surface area (Å²) in [4.78, 5) is 19.0. The molecule has 2 heterocycles. The van der Waals surface area contributed by atoms with Crippen LogP contribution in [0.25, 0.3) is 22.8 Å². The van der Waals surface area contributed by atoms with Crippen LogP contribution in [-0.2, 0) is 0 Å². The van der Waals surface area contributed by atoms with E-state index in [0.29, 0.717) is 35.9 Å². The predicted molar refractivity (Wildman–Crippen MR) is 95.9 cm³/mol. The van der Waals surface area contributed by atoms with Crippen LogP contribution < -0.4 is 5.73 Å². The van der Waals surface area contributed by atoms with Crippen LogP contribution in [0.15, 0.2) is 65.2 Å². The van der Waals surface area contributed by atoms with Gasteiger partial charge in [0.15, 0.2) is 5.76 Å². The van der Waals surface area contributed by atoms with E-state index in [1.54, 1.807) is 11.1 Å². The van der Waals surface area contributed by atoms with Gasteiger partial charge in [-0.15, -0.1) is 0 Å². The van der Waals surface area contributed by atoms with Crippen LogP contribution >= 0.6 is 0 Å². The van der Waals surface area contributed by atoms with E-state index in [1.165, 1.54) is 0 Å². The minimum absolute atomic E-state index is 0.0250. The quantitative estimate of drug-likeness (QED) is 0.799. The van der Waals surface area contributed by atoms with Crippen molar-refractivity contribution >= 4 is 5.91 Å². The van der Waals surface area contributed by atoms with E-state index < -0.39 is 0 Å². The molecule has 25 heavy (non-hydrogen) atoms. The van der Waals surface area contributed by atoms with E-state index >= 15 is 0 Å². The summed E-state index contributed by atoms with van der Waals surface area (Å²) in [7, 11) is 0. The molecule has 5 nitrogen and oxygen atoms in total. The molecule has 1 amide bonds. The van der Waals surface area contributed by atoms with Crippen LogP contribution in [0.2, 0.25) is 0 Å². The Labute approximate surface area is 146 Å². The normalized spacial score (nSPS) is 17.0. The Bertz CT molecular complexity index is 889. The maximum Gasteiger partial charge on any atom is 0.254 e. The van der Waals surface area contributed by atoms with Crippen LogP contribution in [0, 0.1) is 0 Å². The van der Waals surface area contributed by atoms with Gasteiger partial charge in [-0.25, -0.2) is 4.98 Å². The number of benzene rings is 2. The maximum atomic E-state index is 12.9.